The molecule has 8 nitrogen and oxygen atoms in total. The average molecular weight is 448 g/mol. The highest BCUT2D eigenvalue weighted by atomic mass is 16.7. The van der Waals surface area contributed by atoms with Crippen molar-refractivity contribution in [3.63, 3.8) is 0 Å². The van der Waals surface area contributed by atoms with Gasteiger partial charge in [-0.15, -0.1) is 0 Å². The fourth-order valence-corrected chi connectivity index (χ4v) is 3.75. The lowest BCUT2D eigenvalue weighted by Crippen LogP contribution is -2.22. The van der Waals surface area contributed by atoms with Crippen LogP contribution in [0.4, 0.5) is 5.69 Å². The quantitative estimate of drug-likeness (QED) is 0.435. The third-order valence-electron chi connectivity index (χ3n) is 5.48. The van der Waals surface area contributed by atoms with E-state index < -0.39 is 18.5 Å². The first-order valence-electron chi connectivity index (χ1n) is 10.5. The molecule has 170 valence electrons. The second-order valence-electron chi connectivity index (χ2n) is 7.79. The summed E-state index contributed by atoms with van der Waals surface area (Å²) < 4.78 is 17.9. The zero-order valence-electron chi connectivity index (χ0n) is 18.6. The molecule has 0 atom stereocenters. The van der Waals surface area contributed by atoms with Crippen LogP contribution in [0.1, 0.15) is 44.6 Å². The Balaban J connectivity index is 1.42. The lowest BCUT2D eigenvalue weighted by Gasteiger charge is -2.11. The number of hydrogen-bond donors (Lipinski definition) is 1. The molecule has 1 N–H and O–H groups in total. The average Bonchev–Trinajstić information content (AvgIpc) is 3.36. The van der Waals surface area contributed by atoms with Crippen LogP contribution in [-0.2, 0) is 16.1 Å². The van der Waals surface area contributed by atoms with Crippen LogP contribution in [0.5, 0.6) is 11.5 Å². The third-order valence-corrected chi connectivity index (χ3v) is 5.48. The van der Waals surface area contributed by atoms with E-state index in [2.05, 4.69) is 5.32 Å². The van der Waals surface area contributed by atoms with Gasteiger partial charge in [-0.05, 0) is 38.5 Å². The van der Waals surface area contributed by atoms with Gasteiger partial charge >= 0.3 is 5.97 Å². The van der Waals surface area contributed by atoms with Crippen molar-refractivity contribution < 1.29 is 28.6 Å². The lowest BCUT2D eigenvalue weighted by atomic mass is 10.1. The van der Waals surface area contributed by atoms with E-state index in [0.717, 1.165) is 17.0 Å². The van der Waals surface area contributed by atoms with Crippen molar-refractivity contribution in [2.45, 2.75) is 27.3 Å². The predicted molar refractivity (Wildman–Crippen MR) is 121 cm³/mol. The maximum absolute atomic E-state index is 12.7. The van der Waals surface area contributed by atoms with Gasteiger partial charge in [0.15, 0.2) is 23.9 Å². The van der Waals surface area contributed by atoms with E-state index in [1.165, 1.54) is 19.1 Å². The Morgan fingerprint density at radius 1 is 1.00 bits per heavy atom. The van der Waals surface area contributed by atoms with Crippen molar-refractivity contribution in [2.24, 2.45) is 0 Å². The van der Waals surface area contributed by atoms with Gasteiger partial charge < -0.3 is 24.1 Å². The number of carbonyl (C=O) groups is 3. The predicted octanol–water partition coefficient (Wildman–Crippen LogP) is 3.88. The van der Waals surface area contributed by atoms with Crippen LogP contribution in [0, 0.1) is 13.8 Å². The maximum atomic E-state index is 12.7. The number of Topliss-reactive ketones (excluding diaryl/α,β-unsaturated/α-hetero) is 1. The third kappa shape index (κ3) is 4.74. The first-order chi connectivity index (χ1) is 15.8. The van der Waals surface area contributed by atoms with E-state index in [1.807, 2.05) is 48.7 Å². The van der Waals surface area contributed by atoms with Crippen molar-refractivity contribution in [1.29, 1.82) is 0 Å². The molecular weight excluding hydrogens is 424 g/mol. The number of ketones is 1. The summed E-state index contributed by atoms with van der Waals surface area (Å²) in [5.74, 6) is -0.530. The Hall–Kier alpha value is -4.07. The van der Waals surface area contributed by atoms with Gasteiger partial charge in [0.2, 0.25) is 6.79 Å². The topological polar surface area (TPSA) is 95.9 Å². The summed E-state index contributed by atoms with van der Waals surface area (Å²) in [5.41, 5.74) is 3.75. The normalized spacial score (nSPS) is 11.8. The van der Waals surface area contributed by atoms with Crippen LogP contribution in [0.25, 0.3) is 0 Å². The summed E-state index contributed by atoms with van der Waals surface area (Å²) in [6.45, 7) is 5.33. The van der Waals surface area contributed by atoms with Gasteiger partial charge in [0.1, 0.15) is 0 Å². The molecule has 0 fully saturated rings. The Kier molecular flexibility index (Phi) is 6.17. The van der Waals surface area contributed by atoms with Crippen LogP contribution in [0.15, 0.2) is 48.5 Å². The molecule has 0 bridgehead atoms. The molecule has 0 aliphatic carbocycles. The molecule has 1 aliphatic rings. The van der Waals surface area contributed by atoms with Crippen molar-refractivity contribution in [2.75, 3.05) is 18.7 Å². The van der Waals surface area contributed by atoms with E-state index in [-0.39, 0.29) is 23.8 Å². The minimum Gasteiger partial charge on any atom is -0.454 e. The highest BCUT2D eigenvalue weighted by molar-refractivity contribution is 6.05. The van der Waals surface area contributed by atoms with Crippen LogP contribution >= 0.6 is 0 Å². The number of aromatic nitrogens is 1. The molecule has 1 amide bonds. The molecule has 2 heterocycles. The zero-order valence-corrected chi connectivity index (χ0v) is 18.6. The highest BCUT2D eigenvalue weighted by Gasteiger charge is 2.22. The lowest BCUT2D eigenvalue weighted by molar-refractivity contribution is -0.119. The van der Waals surface area contributed by atoms with Crippen molar-refractivity contribution >= 4 is 23.3 Å². The van der Waals surface area contributed by atoms with Crippen LogP contribution in [0.3, 0.4) is 0 Å². The largest absolute Gasteiger partial charge is 0.454 e. The van der Waals surface area contributed by atoms with Crippen LogP contribution in [-0.4, -0.2) is 35.6 Å². The molecular formula is C25H24N2O6. The zero-order chi connectivity index (χ0) is 23.5. The maximum Gasteiger partial charge on any atom is 0.340 e. The Bertz CT molecular complexity index is 1230. The number of anilines is 1. The standard InChI is InChI=1S/C25H24N2O6/c1-15-9-19(16(2)27(15)12-18-7-5-4-6-8-18)25(30)31-13-24(29)26-21-11-23-22(32-14-33-23)10-20(21)17(3)28/h4-11H,12-14H2,1-3H3,(H,26,29). The van der Waals surface area contributed by atoms with E-state index >= 15 is 0 Å². The van der Waals surface area contributed by atoms with Crippen molar-refractivity contribution in [1.82, 2.24) is 4.57 Å². The Morgan fingerprint density at radius 2 is 1.70 bits per heavy atom. The van der Waals surface area contributed by atoms with E-state index in [0.29, 0.717) is 23.6 Å². The SMILES string of the molecule is CC(=O)c1cc2c(cc1NC(=O)COC(=O)c1cc(C)n(Cc3ccccc3)c1C)OCO2. The molecule has 1 aromatic heterocycles. The van der Waals surface area contributed by atoms with Crippen LogP contribution in [0.2, 0.25) is 0 Å². The van der Waals surface area contributed by atoms with E-state index in [9.17, 15) is 14.4 Å². The fraction of sp³-hybridized carbons (Fsp3) is 0.240. The number of rotatable bonds is 7. The number of carbonyl (C=O) groups excluding carboxylic acids is 3. The summed E-state index contributed by atoms with van der Waals surface area (Å²) >= 11 is 0. The van der Waals surface area contributed by atoms with Gasteiger partial charge in [0, 0.05) is 29.6 Å². The molecule has 8 heteroatoms. The summed E-state index contributed by atoms with van der Waals surface area (Å²) in [6.07, 6.45) is 0. The van der Waals surface area contributed by atoms with Gasteiger partial charge in [0.05, 0.1) is 11.3 Å². The molecule has 1 aliphatic heterocycles. The minimum absolute atomic E-state index is 0.0460. The molecule has 0 unspecified atom stereocenters. The van der Waals surface area contributed by atoms with Crippen molar-refractivity contribution in [3.05, 3.63) is 76.6 Å². The first kappa shape index (κ1) is 22.1. The van der Waals surface area contributed by atoms with Gasteiger partial charge in [-0.1, -0.05) is 30.3 Å². The number of benzene rings is 2. The van der Waals surface area contributed by atoms with Crippen LogP contribution < -0.4 is 14.8 Å². The van der Waals surface area contributed by atoms with Gasteiger partial charge in [0.25, 0.3) is 5.91 Å². The second-order valence-corrected chi connectivity index (χ2v) is 7.79. The van der Waals surface area contributed by atoms with Gasteiger partial charge in [-0.3, -0.25) is 9.59 Å². The monoisotopic (exact) mass is 448 g/mol. The molecule has 33 heavy (non-hydrogen) atoms. The molecule has 2 aromatic carbocycles. The number of nitrogens with zero attached hydrogens (tertiary/aromatic N) is 1. The molecule has 0 saturated carbocycles. The Morgan fingerprint density at radius 3 is 2.39 bits per heavy atom. The fourth-order valence-electron chi connectivity index (χ4n) is 3.75. The summed E-state index contributed by atoms with van der Waals surface area (Å²) in [5, 5.41) is 2.61. The number of aryl methyl sites for hydroxylation is 1. The molecule has 0 spiro atoms. The van der Waals surface area contributed by atoms with E-state index in [1.54, 1.807) is 6.07 Å². The summed E-state index contributed by atoms with van der Waals surface area (Å²) in [4.78, 5) is 37.1. The smallest absolute Gasteiger partial charge is 0.340 e. The van der Waals surface area contributed by atoms with Gasteiger partial charge in [-0.2, -0.15) is 0 Å². The molecule has 3 aromatic rings. The minimum atomic E-state index is -0.588. The molecule has 0 saturated heterocycles. The van der Waals surface area contributed by atoms with E-state index in [4.69, 9.17) is 14.2 Å². The highest BCUT2D eigenvalue weighted by Crippen LogP contribution is 2.37. The Labute approximate surface area is 191 Å². The number of amides is 1. The summed E-state index contributed by atoms with van der Waals surface area (Å²) in [7, 11) is 0. The number of nitrogens with one attached hydrogen (secondary N) is 1. The van der Waals surface area contributed by atoms with Crippen molar-refractivity contribution in [3.8, 4) is 11.5 Å². The first-order valence-corrected chi connectivity index (χ1v) is 10.5. The summed E-state index contributed by atoms with van der Waals surface area (Å²) in [6, 6.07) is 14.7. The number of ether oxygens (including phenoxy) is 3. The molecule has 0 radical (unpaired) electrons. The number of hydrogen-bond acceptors (Lipinski definition) is 6. The second kappa shape index (κ2) is 9.20. The number of esters is 1. The number of fused-ring (bicyclic) bond motifs is 1. The molecule has 4 rings (SSSR count). The van der Waals surface area contributed by atoms with Gasteiger partial charge in [-0.25, -0.2) is 4.79 Å².